The second-order valence-electron chi connectivity index (χ2n) is 3.53. The molecule has 1 amide bonds. The van der Waals surface area contributed by atoms with Gasteiger partial charge in [-0.3, -0.25) is 4.90 Å². The van der Waals surface area contributed by atoms with Crippen molar-refractivity contribution in [2.45, 2.75) is 6.42 Å². The topological polar surface area (TPSA) is 62.6 Å². The number of rotatable bonds is 3. The summed E-state index contributed by atoms with van der Waals surface area (Å²) in [4.78, 5) is 13.1. The van der Waals surface area contributed by atoms with Crippen molar-refractivity contribution in [3.8, 4) is 11.8 Å². The quantitative estimate of drug-likeness (QED) is 0.798. The van der Waals surface area contributed by atoms with Gasteiger partial charge in [0.05, 0.1) is 12.3 Å². The Hall–Kier alpha value is -2.22. The van der Waals surface area contributed by atoms with Crippen LogP contribution in [0.1, 0.15) is 6.42 Å². The summed E-state index contributed by atoms with van der Waals surface area (Å²) < 4.78 is 10.2. The average Bonchev–Trinajstić information content (AvgIpc) is 2.37. The van der Waals surface area contributed by atoms with Crippen LogP contribution in [-0.4, -0.2) is 25.9 Å². The highest BCUT2D eigenvalue weighted by atomic mass is 16.6. The summed E-state index contributed by atoms with van der Waals surface area (Å²) in [5, 5.41) is 8.50. The van der Waals surface area contributed by atoms with Crippen LogP contribution < -0.4 is 9.64 Å². The number of anilines is 1. The molecule has 88 valence electrons. The smallest absolute Gasteiger partial charge is 0.414 e. The van der Waals surface area contributed by atoms with Gasteiger partial charge >= 0.3 is 6.09 Å². The van der Waals surface area contributed by atoms with E-state index in [-0.39, 0.29) is 12.7 Å². The molecular formula is C12H12N2O3. The Kier molecular flexibility index (Phi) is 3.46. The summed E-state index contributed by atoms with van der Waals surface area (Å²) >= 11 is 0. The molecule has 2 rings (SSSR count). The monoisotopic (exact) mass is 232 g/mol. The molecule has 0 aliphatic carbocycles. The molecule has 1 saturated heterocycles. The zero-order valence-corrected chi connectivity index (χ0v) is 9.26. The molecule has 0 unspecified atom stereocenters. The number of carbonyl (C=O) groups excluding carboxylic acids is 1. The Bertz CT molecular complexity index is 453. The third-order valence-corrected chi connectivity index (χ3v) is 2.42. The van der Waals surface area contributed by atoms with Gasteiger partial charge in [-0.25, -0.2) is 4.79 Å². The molecule has 1 fully saturated rings. The fourth-order valence-electron chi connectivity index (χ4n) is 1.68. The van der Waals surface area contributed by atoms with Gasteiger partial charge in [-0.2, -0.15) is 5.26 Å². The minimum Gasteiger partial charge on any atom is -0.477 e. The van der Waals surface area contributed by atoms with Crippen molar-refractivity contribution in [2.75, 3.05) is 24.7 Å². The number of cyclic esters (lactones) is 1. The molecule has 1 aliphatic rings. The van der Waals surface area contributed by atoms with Crippen LogP contribution in [0, 0.1) is 11.3 Å². The summed E-state index contributed by atoms with van der Waals surface area (Å²) in [6.07, 6.45) is 0.419. The molecule has 0 aromatic heterocycles. The molecule has 0 atom stereocenters. The predicted molar refractivity (Wildman–Crippen MR) is 60.9 cm³/mol. The molecule has 0 spiro atoms. The summed E-state index contributed by atoms with van der Waals surface area (Å²) in [5.41, 5.74) is 0.646. The highest BCUT2D eigenvalue weighted by Crippen LogP contribution is 2.29. The first-order valence-electron chi connectivity index (χ1n) is 5.36. The maximum absolute atomic E-state index is 11.6. The van der Waals surface area contributed by atoms with E-state index in [1.165, 1.54) is 4.90 Å². The first kappa shape index (κ1) is 11.3. The van der Waals surface area contributed by atoms with E-state index in [2.05, 4.69) is 0 Å². The third kappa shape index (κ3) is 2.48. The van der Waals surface area contributed by atoms with E-state index in [4.69, 9.17) is 14.7 Å². The molecule has 5 nitrogen and oxygen atoms in total. The normalized spacial score (nSPS) is 15.0. The van der Waals surface area contributed by atoms with E-state index in [1.807, 2.05) is 12.1 Å². The third-order valence-electron chi connectivity index (χ3n) is 2.42. The Morgan fingerprint density at radius 1 is 1.47 bits per heavy atom. The lowest BCUT2D eigenvalue weighted by molar-refractivity contribution is 0.140. The van der Waals surface area contributed by atoms with Crippen molar-refractivity contribution in [3.05, 3.63) is 24.3 Å². The Morgan fingerprint density at radius 3 is 3.06 bits per heavy atom. The molecule has 1 aliphatic heterocycles. The number of nitrogens with zero attached hydrogens (tertiary/aromatic N) is 2. The van der Waals surface area contributed by atoms with E-state index in [9.17, 15) is 4.79 Å². The maximum Gasteiger partial charge on any atom is 0.414 e. The highest BCUT2D eigenvalue weighted by Gasteiger charge is 2.23. The lowest BCUT2D eigenvalue weighted by Gasteiger charge is -2.27. The van der Waals surface area contributed by atoms with Crippen molar-refractivity contribution in [2.24, 2.45) is 0 Å². The summed E-state index contributed by atoms with van der Waals surface area (Å²) in [7, 11) is 0. The first-order valence-corrected chi connectivity index (χ1v) is 5.36. The van der Waals surface area contributed by atoms with Crippen molar-refractivity contribution in [3.63, 3.8) is 0 Å². The van der Waals surface area contributed by atoms with Crippen LogP contribution >= 0.6 is 0 Å². The molecule has 0 saturated carbocycles. The predicted octanol–water partition coefficient (Wildman–Crippen LogP) is 1.94. The van der Waals surface area contributed by atoms with Crippen LogP contribution in [0.15, 0.2) is 24.3 Å². The highest BCUT2D eigenvalue weighted by molar-refractivity contribution is 5.90. The number of nitriles is 1. The SMILES string of the molecule is N#CCOc1ccccc1N1CCCOC1=O. The molecule has 1 heterocycles. The number of benzene rings is 1. The molecule has 0 radical (unpaired) electrons. The minimum atomic E-state index is -0.371. The van der Waals surface area contributed by atoms with Gasteiger partial charge in [0.15, 0.2) is 6.61 Å². The Morgan fingerprint density at radius 2 is 2.29 bits per heavy atom. The standard InChI is InChI=1S/C12H12N2O3/c13-6-9-16-11-5-2-1-4-10(11)14-7-3-8-17-12(14)15/h1-2,4-5H,3,7-9H2. The van der Waals surface area contributed by atoms with Crippen LogP contribution in [0.4, 0.5) is 10.5 Å². The molecular weight excluding hydrogens is 220 g/mol. The van der Waals surface area contributed by atoms with E-state index in [1.54, 1.807) is 18.2 Å². The van der Waals surface area contributed by atoms with Crippen LogP contribution in [0.2, 0.25) is 0 Å². The van der Waals surface area contributed by atoms with Crippen LogP contribution in [0.3, 0.4) is 0 Å². The number of ether oxygens (including phenoxy) is 2. The zero-order chi connectivity index (χ0) is 12.1. The number of hydrogen-bond acceptors (Lipinski definition) is 4. The molecule has 17 heavy (non-hydrogen) atoms. The maximum atomic E-state index is 11.6. The second-order valence-corrected chi connectivity index (χ2v) is 3.53. The summed E-state index contributed by atoms with van der Waals surface area (Å²) in [6, 6.07) is 9.02. The van der Waals surface area contributed by atoms with Crippen molar-refractivity contribution < 1.29 is 14.3 Å². The van der Waals surface area contributed by atoms with Crippen molar-refractivity contribution in [1.29, 1.82) is 5.26 Å². The molecule has 0 bridgehead atoms. The largest absolute Gasteiger partial charge is 0.477 e. The molecule has 1 aromatic rings. The first-order chi connectivity index (χ1) is 8.33. The number of amides is 1. The van der Waals surface area contributed by atoms with E-state index in [0.29, 0.717) is 24.6 Å². The fourth-order valence-corrected chi connectivity index (χ4v) is 1.68. The van der Waals surface area contributed by atoms with Gasteiger partial charge in [0.1, 0.15) is 11.8 Å². The number of carbonyl (C=O) groups is 1. The molecule has 1 aromatic carbocycles. The Balaban J connectivity index is 2.24. The number of hydrogen-bond donors (Lipinski definition) is 0. The molecule has 5 heteroatoms. The van der Waals surface area contributed by atoms with Gasteiger partial charge in [-0.05, 0) is 18.6 Å². The average molecular weight is 232 g/mol. The van der Waals surface area contributed by atoms with Crippen LogP contribution in [0.5, 0.6) is 5.75 Å². The van der Waals surface area contributed by atoms with Crippen LogP contribution in [0.25, 0.3) is 0 Å². The van der Waals surface area contributed by atoms with Crippen molar-refractivity contribution >= 4 is 11.8 Å². The van der Waals surface area contributed by atoms with Crippen LogP contribution in [-0.2, 0) is 4.74 Å². The van der Waals surface area contributed by atoms with Gasteiger partial charge in [0, 0.05) is 6.54 Å². The van der Waals surface area contributed by atoms with E-state index >= 15 is 0 Å². The van der Waals surface area contributed by atoms with Gasteiger partial charge < -0.3 is 9.47 Å². The van der Waals surface area contributed by atoms with Gasteiger partial charge in [0.2, 0.25) is 0 Å². The second kappa shape index (κ2) is 5.21. The number of para-hydroxylation sites is 2. The van der Waals surface area contributed by atoms with Gasteiger partial charge in [0.25, 0.3) is 0 Å². The van der Waals surface area contributed by atoms with Gasteiger partial charge in [-0.1, -0.05) is 12.1 Å². The summed E-state index contributed by atoms with van der Waals surface area (Å²) in [5.74, 6) is 0.521. The lowest BCUT2D eigenvalue weighted by atomic mass is 10.2. The Labute approximate surface area is 99.2 Å². The minimum absolute atomic E-state index is 0.0418. The fraction of sp³-hybridized carbons (Fsp3) is 0.333. The summed E-state index contributed by atoms with van der Waals surface area (Å²) in [6.45, 7) is 1.02. The van der Waals surface area contributed by atoms with Gasteiger partial charge in [-0.15, -0.1) is 0 Å². The van der Waals surface area contributed by atoms with E-state index in [0.717, 1.165) is 6.42 Å². The zero-order valence-electron chi connectivity index (χ0n) is 9.26. The van der Waals surface area contributed by atoms with E-state index < -0.39 is 0 Å². The molecule has 0 N–H and O–H groups in total. The van der Waals surface area contributed by atoms with Crippen molar-refractivity contribution in [1.82, 2.24) is 0 Å². The lowest BCUT2D eigenvalue weighted by Crippen LogP contribution is -2.37.